The van der Waals surface area contributed by atoms with Gasteiger partial charge in [-0.05, 0) is 43.2 Å². The highest BCUT2D eigenvalue weighted by Gasteiger charge is 2.18. The molecule has 2 aliphatic rings. The Kier molecular flexibility index (Phi) is 3.35. The highest BCUT2D eigenvalue weighted by Crippen LogP contribution is 2.24. The number of thioether (sulfide) groups is 1. The first kappa shape index (κ1) is 8.89. The summed E-state index contributed by atoms with van der Waals surface area (Å²) in [5.41, 5.74) is 0. The van der Waals surface area contributed by atoms with E-state index < -0.39 is 0 Å². The monoisotopic (exact) mass is 185 g/mol. The predicted molar refractivity (Wildman–Crippen MR) is 55.7 cm³/mol. The first-order valence-corrected chi connectivity index (χ1v) is 6.42. The highest BCUT2D eigenvalue weighted by molar-refractivity contribution is 7.99. The summed E-state index contributed by atoms with van der Waals surface area (Å²) in [6.45, 7) is 1.29. The largest absolute Gasteiger partial charge is 0.314 e. The van der Waals surface area contributed by atoms with Gasteiger partial charge in [0.1, 0.15) is 0 Å². The third-order valence-electron chi connectivity index (χ3n) is 3.07. The number of nitrogens with one attached hydrogen (secondary N) is 1. The number of rotatable bonds is 3. The molecule has 1 unspecified atom stereocenters. The van der Waals surface area contributed by atoms with Crippen molar-refractivity contribution in [2.75, 3.05) is 18.1 Å². The molecule has 0 aromatic heterocycles. The summed E-state index contributed by atoms with van der Waals surface area (Å²) in [5, 5.41) is 3.71. The van der Waals surface area contributed by atoms with Crippen molar-refractivity contribution in [1.82, 2.24) is 5.32 Å². The van der Waals surface area contributed by atoms with E-state index in [2.05, 4.69) is 17.1 Å². The van der Waals surface area contributed by atoms with E-state index in [4.69, 9.17) is 0 Å². The second-order valence-electron chi connectivity index (χ2n) is 4.12. The van der Waals surface area contributed by atoms with Crippen LogP contribution >= 0.6 is 11.8 Å². The second kappa shape index (κ2) is 4.52. The van der Waals surface area contributed by atoms with Crippen LogP contribution in [0, 0.1) is 5.92 Å². The Morgan fingerprint density at radius 3 is 2.67 bits per heavy atom. The Bertz CT molecular complexity index is 110. The lowest BCUT2D eigenvalue weighted by atomic mass is 10.1. The lowest BCUT2D eigenvalue weighted by Gasteiger charge is -2.14. The third-order valence-corrected chi connectivity index (χ3v) is 4.31. The summed E-state index contributed by atoms with van der Waals surface area (Å²) in [6, 6.07) is 0.871. The molecule has 1 aliphatic heterocycles. The Hall–Kier alpha value is 0.310. The van der Waals surface area contributed by atoms with E-state index in [-0.39, 0.29) is 0 Å². The van der Waals surface area contributed by atoms with Crippen molar-refractivity contribution >= 4 is 11.8 Å². The van der Waals surface area contributed by atoms with E-state index in [9.17, 15) is 0 Å². The molecule has 70 valence electrons. The molecule has 2 heteroatoms. The second-order valence-corrected chi connectivity index (χ2v) is 5.27. The van der Waals surface area contributed by atoms with Gasteiger partial charge in [0, 0.05) is 6.04 Å². The normalized spacial score (nSPS) is 31.5. The molecule has 0 bridgehead atoms. The summed E-state index contributed by atoms with van der Waals surface area (Å²) < 4.78 is 0. The van der Waals surface area contributed by atoms with Gasteiger partial charge in [-0.25, -0.2) is 0 Å². The van der Waals surface area contributed by atoms with Gasteiger partial charge in [0.05, 0.1) is 0 Å². The van der Waals surface area contributed by atoms with Crippen molar-refractivity contribution in [2.24, 2.45) is 5.92 Å². The van der Waals surface area contributed by atoms with Crippen LogP contribution in [0.1, 0.15) is 32.1 Å². The Balaban J connectivity index is 1.60. The van der Waals surface area contributed by atoms with Gasteiger partial charge < -0.3 is 5.32 Å². The third kappa shape index (κ3) is 2.40. The molecule has 0 aromatic rings. The van der Waals surface area contributed by atoms with E-state index in [1.807, 2.05) is 0 Å². The molecule has 1 nitrogen and oxygen atoms in total. The first-order valence-electron chi connectivity index (χ1n) is 5.26. The molecular weight excluding hydrogens is 166 g/mol. The van der Waals surface area contributed by atoms with Gasteiger partial charge in [-0.2, -0.15) is 11.8 Å². The van der Waals surface area contributed by atoms with Crippen molar-refractivity contribution in [3.63, 3.8) is 0 Å². The average molecular weight is 185 g/mol. The van der Waals surface area contributed by atoms with Gasteiger partial charge in [0.15, 0.2) is 0 Å². The maximum atomic E-state index is 3.71. The fraction of sp³-hybridized carbons (Fsp3) is 1.00. The molecule has 2 rings (SSSR count). The van der Waals surface area contributed by atoms with Crippen molar-refractivity contribution in [3.05, 3.63) is 0 Å². The minimum Gasteiger partial charge on any atom is -0.314 e. The molecule has 2 fully saturated rings. The summed E-state index contributed by atoms with van der Waals surface area (Å²) >= 11 is 2.12. The van der Waals surface area contributed by atoms with E-state index in [0.29, 0.717) is 0 Å². The predicted octanol–water partition coefficient (Wildman–Crippen LogP) is 2.27. The van der Waals surface area contributed by atoms with Gasteiger partial charge in [0.2, 0.25) is 0 Å². The minimum absolute atomic E-state index is 0.871. The van der Waals surface area contributed by atoms with Crippen LogP contribution in [0.15, 0.2) is 0 Å². The van der Waals surface area contributed by atoms with Crippen molar-refractivity contribution in [3.8, 4) is 0 Å². The zero-order chi connectivity index (χ0) is 8.23. The van der Waals surface area contributed by atoms with Gasteiger partial charge in [0.25, 0.3) is 0 Å². The van der Waals surface area contributed by atoms with Gasteiger partial charge in [-0.15, -0.1) is 0 Å². The molecule has 1 atom stereocenters. The SMILES string of the molecule is C1CCC(NCC2CCSC2)C1. The van der Waals surface area contributed by atoms with Crippen LogP contribution in [-0.4, -0.2) is 24.1 Å². The molecule has 0 radical (unpaired) electrons. The smallest absolute Gasteiger partial charge is 0.00671 e. The quantitative estimate of drug-likeness (QED) is 0.724. The molecule has 1 saturated carbocycles. The number of hydrogen-bond donors (Lipinski definition) is 1. The Morgan fingerprint density at radius 2 is 2.00 bits per heavy atom. The summed E-state index contributed by atoms with van der Waals surface area (Å²) in [7, 11) is 0. The zero-order valence-electron chi connectivity index (χ0n) is 7.72. The van der Waals surface area contributed by atoms with E-state index >= 15 is 0 Å². The topological polar surface area (TPSA) is 12.0 Å². The highest BCUT2D eigenvalue weighted by atomic mass is 32.2. The van der Waals surface area contributed by atoms with Crippen LogP contribution in [0.3, 0.4) is 0 Å². The molecule has 1 heterocycles. The van der Waals surface area contributed by atoms with Gasteiger partial charge in [-0.3, -0.25) is 0 Å². The summed E-state index contributed by atoms with van der Waals surface area (Å²) in [6.07, 6.45) is 7.22. The molecule has 1 saturated heterocycles. The fourth-order valence-electron chi connectivity index (χ4n) is 2.21. The maximum Gasteiger partial charge on any atom is 0.00671 e. The molecule has 0 spiro atoms. The van der Waals surface area contributed by atoms with Crippen LogP contribution in [0.5, 0.6) is 0 Å². The van der Waals surface area contributed by atoms with Crippen LogP contribution in [0.25, 0.3) is 0 Å². The van der Waals surface area contributed by atoms with Gasteiger partial charge in [-0.1, -0.05) is 12.8 Å². The molecule has 1 N–H and O–H groups in total. The standard InChI is InChI=1S/C10H19NS/c1-2-4-10(3-1)11-7-9-5-6-12-8-9/h9-11H,1-8H2. The van der Waals surface area contributed by atoms with E-state index in [1.165, 1.54) is 50.2 Å². The molecule has 0 aromatic carbocycles. The van der Waals surface area contributed by atoms with E-state index in [1.54, 1.807) is 0 Å². The van der Waals surface area contributed by atoms with Crippen molar-refractivity contribution in [1.29, 1.82) is 0 Å². The summed E-state index contributed by atoms with van der Waals surface area (Å²) in [5.74, 6) is 3.78. The van der Waals surface area contributed by atoms with Crippen LogP contribution in [0.4, 0.5) is 0 Å². The zero-order valence-corrected chi connectivity index (χ0v) is 8.54. The average Bonchev–Trinajstić information content (AvgIpc) is 2.74. The fourth-order valence-corrected chi connectivity index (χ4v) is 3.49. The van der Waals surface area contributed by atoms with Crippen LogP contribution in [0.2, 0.25) is 0 Å². The molecule has 1 aliphatic carbocycles. The Labute approximate surface area is 79.7 Å². The maximum absolute atomic E-state index is 3.71. The summed E-state index contributed by atoms with van der Waals surface area (Å²) in [4.78, 5) is 0. The lowest BCUT2D eigenvalue weighted by Crippen LogP contribution is -2.31. The van der Waals surface area contributed by atoms with Crippen molar-refractivity contribution in [2.45, 2.75) is 38.1 Å². The molecule has 12 heavy (non-hydrogen) atoms. The Morgan fingerprint density at radius 1 is 1.17 bits per heavy atom. The minimum atomic E-state index is 0.871. The van der Waals surface area contributed by atoms with E-state index in [0.717, 1.165) is 12.0 Å². The van der Waals surface area contributed by atoms with Crippen molar-refractivity contribution < 1.29 is 0 Å². The van der Waals surface area contributed by atoms with Crippen LogP contribution in [-0.2, 0) is 0 Å². The lowest BCUT2D eigenvalue weighted by molar-refractivity contribution is 0.454. The molecular formula is C10H19NS. The number of hydrogen-bond acceptors (Lipinski definition) is 2. The van der Waals surface area contributed by atoms with Crippen LogP contribution < -0.4 is 5.32 Å². The van der Waals surface area contributed by atoms with Gasteiger partial charge >= 0.3 is 0 Å². The molecule has 0 amide bonds. The first-order chi connectivity index (χ1) is 5.95.